The Kier molecular flexibility index (Phi) is 7.47. The summed E-state index contributed by atoms with van der Waals surface area (Å²) in [5, 5.41) is 5.50. The number of hydrogen-bond donors (Lipinski definition) is 2. The van der Waals surface area contributed by atoms with Crippen molar-refractivity contribution in [3.8, 4) is 0 Å². The Hall–Kier alpha value is -2.34. The maximum atomic E-state index is 11.9. The van der Waals surface area contributed by atoms with E-state index in [0.29, 0.717) is 11.4 Å². The molecule has 6 heteroatoms. The van der Waals surface area contributed by atoms with Crippen molar-refractivity contribution in [3.05, 3.63) is 52.2 Å². The van der Waals surface area contributed by atoms with Crippen LogP contribution < -0.4 is 15.5 Å². The lowest BCUT2D eigenvalue weighted by Gasteiger charge is -2.23. The number of carbonyl (C=O) groups is 2. The largest absolute Gasteiger partial charge is 0.372 e. The lowest BCUT2D eigenvalue weighted by atomic mass is 10.2. The molecule has 134 valence electrons. The third-order valence-corrected chi connectivity index (χ3v) is 4.80. The highest BCUT2D eigenvalue weighted by Crippen LogP contribution is 2.14. The van der Waals surface area contributed by atoms with Gasteiger partial charge in [-0.25, -0.2) is 0 Å². The summed E-state index contributed by atoms with van der Waals surface area (Å²) in [6.45, 7) is 6.47. The summed E-state index contributed by atoms with van der Waals surface area (Å²) in [6, 6.07) is 13.9. The summed E-state index contributed by atoms with van der Waals surface area (Å²) in [5.74, 6) is -0.362. The number of anilines is 1. The molecule has 0 unspecified atom stereocenters. The van der Waals surface area contributed by atoms with E-state index >= 15 is 0 Å². The molecule has 0 saturated carbocycles. The van der Waals surface area contributed by atoms with Crippen LogP contribution in [-0.2, 0) is 4.79 Å². The monoisotopic (exact) mass is 359 g/mol. The molecule has 0 radical (unpaired) electrons. The molecule has 5 nitrogen and oxygen atoms in total. The first-order chi connectivity index (χ1) is 12.1. The number of amides is 2. The van der Waals surface area contributed by atoms with E-state index < -0.39 is 0 Å². The number of benzene rings is 1. The number of rotatable bonds is 9. The maximum Gasteiger partial charge on any atom is 0.261 e. The summed E-state index contributed by atoms with van der Waals surface area (Å²) in [5.41, 5.74) is 1.19. The highest BCUT2D eigenvalue weighted by atomic mass is 32.1. The van der Waals surface area contributed by atoms with Gasteiger partial charge in [0.25, 0.3) is 5.91 Å². The van der Waals surface area contributed by atoms with Gasteiger partial charge in [-0.1, -0.05) is 18.2 Å². The van der Waals surface area contributed by atoms with Gasteiger partial charge in [-0.15, -0.1) is 11.3 Å². The number of hydrogen-bond acceptors (Lipinski definition) is 4. The second-order valence-electron chi connectivity index (χ2n) is 5.71. The van der Waals surface area contributed by atoms with Crippen LogP contribution in [0.3, 0.4) is 0 Å². The van der Waals surface area contributed by atoms with Crippen LogP contribution in [0.2, 0.25) is 0 Å². The van der Waals surface area contributed by atoms with Crippen LogP contribution in [0, 0.1) is 6.92 Å². The molecule has 0 saturated heterocycles. The van der Waals surface area contributed by atoms with Gasteiger partial charge in [0.05, 0.1) is 11.4 Å². The standard InChI is InChI=1S/C19H25N3O2S/c1-3-22(16-8-5-4-6-9-16)13-7-12-20-18(23)14-21-19(24)17-11-10-15(2)25-17/h4-6,8-11H,3,7,12-14H2,1-2H3,(H,20,23)(H,21,24). The first kappa shape index (κ1) is 19.0. The number of carbonyl (C=O) groups excluding carboxylic acids is 2. The minimum Gasteiger partial charge on any atom is -0.372 e. The molecule has 0 aliphatic carbocycles. The Bertz CT molecular complexity index is 685. The van der Waals surface area contributed by atoms with E-state index in [4.69, 9.17) is 0 Å². The van der Waals surface area contributed by atoms with Gasteiger partial charge < -0.3 is 15.5 Å². The minimum atomic E-state index is -0.200. The summed E-state index contributed by atoms with van der Waals surface area (Å²) >= 11 is 1.42. The third kappa shape index (κ3) is 6.23. The average Bonchev–Trinajstić information content (AvgIpc) is 3.07. The van der Waals surface area contributed by atoms with E-state index in [-0.39, 0.29) is 18.4 Å². The molecule has 0 fully saturated rings. The van der Waals surface area contributed by atoms with Crippen molar-refractivity contribution in [2.45, 2.75) is 20.3 Å². The number of thiophene rings is 1. The maximum absolute atomic E-state index is 11.9. The van der Waals surface area contributed by atoms with Crippen LogP contribution in [0.25, 0.3) is 0 Å². The van der Waals surface area contributed by atoms with E-state index in [1.165, 1.54) is 17.0 Å². The fraction of sp³-hybridized carbons (Fsp3) is 0.368. The summed E-state index contributed by atoms with van der Waals surface area (Å²) in [6.07, 6.45) is 0.854. The Morgan fingerprint density at radius 3 is 2.48 bits per heavy atom. The second-order valence-corrected chi connectivity index (χ2v) is 7.00. The van der Waals surface area contributed by atoms with Gasteiger partial charge >= 0.3 is 0 Å². The minimum absolute atomic E-state index is 0.00591. The van der Waals surface area contributed by atoms with E-state index in [1.807, 2.05) is 31.2 Å². The molecule has 25 heavy (non-hydrogen) atoms. The Morgan fingerprint density at radius 2 is 1.84 bits per heavy atom. The van der Waals surface area contributed by atoms with Gasteiger partial charge in [-0.2, -0.15) is 0 Å². The van der Waals surface area contributed by atoms with Crippen LogP contribution >= 0.6 is 11.3 Å². The highest BCUT2D eigenvalue weighted by molar-refractivity contribution is 7.13. The van der Waals surface area contributed by atoms with Crippen LogP contribution in [0.4, 0.5) is 5.69 Å². The van der Waals surface area contributed by atoms with Crippen LogP contribution in [0.1, 0.15) is 27.9 Å². The average molecular weight is 359 g/mol. The van der Waals surface area contributed by atoms with E-state index in [1.54, 1.807) is 6.07 Å². The van der Waals surface area contributed by atoms with Crippen LogP contribution in [-0.4, -0.2) is 38.0 Å². The van der Waals surface area contributed by atoms with Crippen molar-refractivity contribution in [2.75, 3.05) is 31.1 Å². The summed E-state index contributed by atoms with van der Waals surface area (Å²) in [7, 11) is 0. The Labute approximate surface area is 153 Å². The summed E-state index contributed by atoms with van der Waals surface area (Å²) < 4.78 is 0. The van der Waals surface area contributed by atoms with E-state index in [2.05, 4.69) is 34.6 Å². The first-order valence-electron chi connectivity index (χ1n) is 8.51. The van der Waals surface area contributed by atoms with E-state index in [9.17, 15) is 9.59 Å². The number of para-hydroxylation sites is 1. The first-order valence-corrected chi connectivity index (χ1v) is 9.33. The van der Waals surface area contributed by atoms with Crippen molar-refractivity contribution < 1.29 is 9.59 Å². The molecule has 2 rings (SSSR count). The predicted octanol–water partition coefficient (Wildman–Crippen LogP) is 2.82. The molecule has 2 amide bonds. The quantitative estimate of drug-likeness (QED) is 0.677. The SMILES string of the molecule is CCN(CCCNC(=O)CNC(=O)c1ccc(C)s1)c1ccccc1. The molecule has 0 aliphatic heterocycles. The molecule has 0 spiro atoms. The van der Waals surface area contributed by atoms with E-state index in [0.717, 1.165) is 24.4 Å². The molecule has 1 heterocycles. The van der Waals surface area contributed by atoms with Gasteiger partial charge in [-0.3, -0.25) is 9.59 Å². The van der Waals surface area contributed by atoms with Crippen molar-refractivity contribution in [2.24, 2.45) is 0 Å². The number of nitrogens with zero attached hydrogens (tertiary/aromatic N) is 1. The zero-order valence-electron chi connectivity index (χ0n) is 14.7. The van der Waals surface area contributed by atoms with Crippen molar-refractivity contribution >= 4 is 28.8 Å². The predicted molar refractivity (Wildman–Crippen MR) is 103 cm³/mol. The number of nitrogens with one attached hydrogen (secondary N) is 2. The van der Waals surface area contributed by atoms with Crippen LogP contribution in [0.15, 0.2) is 42.5 Å². The molecule has 0 aliphatic rings. The molecule has 0 atom stereocenters. The fourth-order valence-electron chi connectivity index (χ4n) is 2.47. The summed E-state index contributed by atoms with van der Waals surface area (Å²) in [4.78, 5) is 27.7. The second kappa shape index (κ2) is 9.84. The van der Waals surface area contributed by atoms with Crippen molar-refractivity contribution in [1.82, 2.24) is 10.6 Å². The lowest BCUT2D eigenvalue weighted by Crippen LogP contribution is -2.38. The van der Waals surface area contributed by atoms with Gasteiger partial charge in [0.15, 0.2) is 0 Å². The molecule has 1 aromatic carbocycles. The Morgan fingerprint density at radius 1 is 1.08 bits per heavy atom. The van der Waals surface area contributed by atoms with Gasteiger partial charge in [0.2, 0.25) is 5.91 Å². The lowest BCUT2D eigenvalue weighted by molar-refractivity contribution is -0.120. The fourth-order valence-corrected chi connectivity index (χ4v) is 3.26. The molecule has 1 aromatic heterocycles. The van der Waals surface area contributed by atoms with Crippen molar-refractivity contribution in [3.63, 3.8) is 0 Å². The smallest absolute Gasteiger partial charge is 0.261 e. The van der Waals surface area contributed by atoms with Crippen molar-refractivity contribution in [1.29, 1.82) is 0 Å². The van der Waals surface area contributed by atoms with Gasteiger partial charge in [0, 0.05) is 30.2 Å². The zero-order chi connectivity index (χ0) is 18.1. The molecule has 0 bridgehead atoms. The molecule has 2 aromatic rings. The van der Waals surface area contributed by atoms with Gasteiger partial charge in [-0.05, 0) is 44.5 Å². The zero-order valence-corrected chi connectivity index (χ0v) is 15.6. The third-order valence-electron chi connectivity index (χ3n) is 3.80. The van der Waals surface area contributed by atoms with Gasteiger partial charge in [0.1, 0.15) is 0 Å². The molecule has 2 N–H and O–H groups in total. The normalized spacial score (nSPS) is 10.3. The number of aryl methyl sites for hydroxylation is 1. The molecular weight excluding hydrogens is 334 g/mol. The van der Waals surface area contributed by atoms with Crippen LogP contribution in [0.5, 0.6) is 0 Å². The topological polar surface area (TPSA) is 61.4 Å². The molecular formula is C19H25N3O2S. The Balaban J connectivity index is 1.64. The highest BCUT2D eigenvalue weighted by Gasteiger charge is 2.09.